The van der Waals surface area contributed by atoms with E-state index in [2.05, 4.69) is 15.5 Å². The molecule has 0 bridgehead atoms. The molecule has 2 N–H and O–H groups in total. The van der Waals surface area contributed by atoms with E-state index >= 15 is 0 Å². The molecule has 1 rings (SSSR count). The van der Waals surface area contributed by atoms with Crippen LogP contribution in [0.15, 0.2) is 24.3 Å². The Labute approximate surface area is 143 Å². The summed E-state index contributed by atoms with van der Waals surface area (Å²) in [5, 5.41) is 6.27. The van der Waals surface area contributed by atoms with Crippen molar-refractivity contribution in [2.24, 2.45) is 5.41 Å². The number of nitrogens with zero attached hydrogens (tertiary/aromatic N) is 1. The van der Waals surface area contributed by atoms with Gasteiger partial charge >= 0.3 is 0 Å². The number of carbonyl (C=O) groups is 2. The summed E-state index contributed by atoms with van der Waals surface area (Å²) in [6, 6.07) is 7.23. The van der Waals surface area contributed by atoms with Crippen LogP contribution >= 0.6 is 11.6 Å². The smallest absolute Gasteiger partial charge is 0.235 e. The van der Waals surface area contributed by atoms with Crippen LogP contribution in [0.25, 0.3) is 0 Å². The van der Waals surface area contributed by atoms with Crippen LogP contribution in [0.2, 0.25) is 5.02 Å². The molecule has 128 valence electrons. The maximum Gasteiger partial charge on any atom is 0.235 e. The Morgan fingerprint density at radius 3 is 2.22 bits per heavy atom. The molecule has 0 unspecified atom stereocenters. The molecule has 0 fully saturated rings. The minimum atomic E-state index is -1.11. The molecule has 1 aromatic carbocycles. The highest BCUT2D eigenvalue weighted by atomic mass is 35.5. The Bertz CT molecular complexity index is 527. The summed E-state index contributed by atoms with van der Waals surface area (Å²) in [7, 11) is 3.96. The Balaban J connectivity index is 2.45. The van der Waals surface area contributed by atoms with Crippen molar-refractivity contribution in [1.29, 1.82) is 0 Å². The van der Waals surface area contributed by atoms with Gasteiger partial charge in [0.25, 0.3) is 0 Å². The van der Waals surface area contributed by atoms with Gasteiger partial charge in [-0.1, -0.05) is 23.7 Å². The van der Waals surface area contributed by atoms with Gasteiger partial charge in [0, 0.05) is 18.1 Å². The molecule has 0 heterocycles. The minimum absolute atomic E-state index is 0.259. The van der Waals surface area contributed by atoms with Crippen LogP contribution in [0.3, 0.4) is 0 Å². The highest BCUT2D eigenvalue weighted by Gasteiger charge is 2.35. The van der Waals surface area contributed by atoms with Crippen molar-refractivity contribution in [2.75, 3.05) is 27.2 Å². The van der Waals surface area contributed by atoms with Gasteiger partial charge in [0.1, 0.15) is 5.41 Å². The minimum Gasteiger partial charge on any atom is -0.355 e. The zero-order valence-corrected chi connectivity index (χ0v) is 15.0. The summed E-state index contributed by atoms with van der Waals surface area (Å²) in [6.07, 6.45) is 0.848. The van der Waals surface area contributed by atoms with Crippen molar-refractivity contribution in [3.63, 3.8) is 0 Å². The molecule has 0 saturated heterocycles. The molecule has 0 radical (unpaired) electrons. The number of nitrogens with one attached hydrogen (secondary N) is 2. The summed E-state index contributed by atoms with van der Waals surface area (Å²) in [5.74, 6) is -0.553. The Morgan fingerprint density at radius 1 is 1.09 bits per heavy atom. The Hall–Kier alpha value is -1.59. The molecule has 23 heavy (non-hydrogen) atoms. The van der Waals surface area contributed by atoms with Gasteiger partial charge in [-0.25, -0.2) is 0 Å². The Morgan fingerprint density at radius 2 is 1.65 bits per heavy atom. The second-order valence-corrected chi connectivity index (χ2v) is 6.78. The van der Waals surface area contributed by atoms with E-state index in [4.69, 9.17) is 11.6 Å². The number of benzene rings is 1. The van der Waals surface area contributed by atoms with Crippen molar-refractivity contribution in [3.05, 3.63) is 34.9 Å². The van der Waals surface area contributed by atoms with Crippen LogP contribution in [0.4, 0.5) is 0 Å². The molecule has 0 saturated carbocycles. The zero-order valence-electron chi connectivity index (χ0n) is 14.3. The lowest BCUT2D eigenvalue weighted by Crippen LogP contribution is -2.48. The van der Waals surface area contributed by atoms with Crippen LogP contribution in [-0.2, 0) is 16.1 Å². The monoisotopic (exact) mass is 339 g/mol. The molecule has 0 aliphatic rings. The predicted molar refractivity (Wildman–Crippen MR) is 93.3 cm³/mol. The van der Waals surface area contributed by atoms with Gasteiger partial charge in [-0.2, -0.15) is 0 Å². The van der Waals surface area contributed by atoms with E-state index in [0.717, 1.165) is 18.5 Å². The number of hydrogen-bond donors (Lipinski definition) is 2. The standard InChI is InChI=1S/C17H26ClN3O2/c1-17(2,15(22)19-10-5-11-21(3)4)16(23)20-12-13-6-8-14(18)9-7-13/h6-9H,5,10-12H2,1-4H3,(H,19,22)(H,20,23). The molecule has 2 amide bonds. The first-order chi connectivity index (χ1) is 10.7. The van der Waals surface area contributed by atoms with Crippen molar-refractivity contribution < 1.29 is 9.59 Å². The first-order valence-corrected chi connectivity index (χ1v) is 8.07. The zero-order chi connectivity index (χ0) is 17.5. The fourth-order valence-corrected chi connectivity index (χ4v) is 2.05. The fraction of sp³-hybridized carbons (Fsp3) is 0.529. The highest BCUT2D eigenvalue weighted by molar-refractivity contribution is 6.30. The van der Waals surface area contributed by atoms with Gasteiger partial charge in [0.15, 0.2) is 0 Å². The van der Waals surface area contributed by atoms with Crippen LogP contribution in [0.5, 0.6) is 0 Å². The lowest BCUT2D eigenvalue weighted by Gasteiger charge is -2.23. The molecule has 1 aromatic rings. The molecule has 0 aromatic heterocycles. The van der Waals surface area contributed by atoms with Crippen molar-refractivity contribution in [3.8, 4) is 0 Å². The number of amides is 2. The quantitative estimate of drug-likeness (QED) is 0.563. The number of hydrogen-bond acceptors (Lipinski definition) is 3. The number of rotatable bonds is 8. The lowest BCUT2D eigenvalue weighted by atomic mass is 9.91. The summed E-state index contributed by atoms with van der Waals surface area (Å²) >= 11 is 5.83. The van der Waals surface area contributed by atoms with Gasteiger partial charge in [-0.15, -0.1) is 0 Å². The summed E-state index contributed by atoms with van der Waals surface area (Å²) in [4.78, 5) is 26.5. The molecule has 0 aliphatic carbocycles. The molecule has 5 nitrogen and oxygen atoms in total. The SMILES string of the molecule is CN(C)CCCNC(=O)C(C)(C)C(=O)NCc1ccc(Cl)cc1. The summed E-state index contributed by atoms with van der Waals surface area (Å²) < 4.78 is 0. The van der Waals surface area contributed by atoms with E-state index in [1.54, 1.807) is 26.0 Å². The second-order valence-electron chi connectivity index (χ2n) is 6.35. The molecule has 0 spiro atoms. The average molecular weight is 340 g/mol. The third-order valence-electron chi connectivity index (χ3n) is 3.57. The van der Waals surface area contributed by atoms with E-state index in [1.807, 2.05) is 26.2 Å². The van der Waals surface area contributed by atoms with Gasteiger partial charge in [0.2, 0.25) is 11.8 Å². The van der Waals surface area contributed by atoms with E-state index in [0.29, 0.717) is 18.1 Å². The summed E-state index contributed by atoms with van der Waals surface area (Å²) in [5.41, 5.74) is -0.171. The van der Waals surface area contributed by atoms with E-state index in [1.165, 1.54) is 0 Å². The van der Waals surface area contributed by atoms with Crippen LogP contribution in [-0.4, -0.2) is 43.9 Å². The lowest BCUT2D eigenvalue weighted by molar-refractivity contribution is -0.141. The van der Waals surface area contributed by atoms with Gasteiger partial charge in [-0.3, -0.25) is 9.59 Å². The molecule has 0 atom stereocenters. The molecular weight excluding hydrogens is 314 g/mol. The third kappa shape index (κ3) is 6.59. The number of carbonyl (C=O) groups excluding carboxylic acids is 2. The largest absolute Gasteiger partial charge is 0.355 e. The average Bonchev–Trinajstić information content (AvgIpc) is 2.50. The molecule has 6 heteroatoms. The topological polar surface area (TPSA) is 61.4 Å². The van der Waals surface area contributed by atoms with E-state index in [-0.39, 0.29) is 11.8 Å². The molecule has 0 aliphatic heterocycles. The summed E-state index contributed by atoms with van der Waals surface area (Å²) in [6.45, 7) is 5.08. The van der Waals surface area contributed by atoms with E-state index in [9.17, 15) is 9.59 Å². The van der Waals surface area contributed by atoms with Crippen molar-refractivity contribution in [2.45, 2.75) is 26.8 Å². The first-order valence-electron chi connectivity index (χ1n) is 7.69. The van der Waals surface area contributed by atoms with Crippen molar-refractivity contribution >= 4 is 23.4 Å². The van der Waals surface area contributed by atoms with E-state index < -0.39 is 5.41 Å². The van der Waals surface area contributed by atoms with Crippen molar-refractivity contribution in [1.82, 2.24) is 15.5 Å². The maximum absolute atomic E-state index is 12.3. The first kappa shape index (κ1) is 19.5. The van der Waals surface area contributed by atoms with Gasteiger partial charge < -0.3 is 15.5 Å². The normalized spacial score (nSPS) is 11.4. The van der Waals surface area contributed by atoms with Crippen LogP contribution < -0.4 is 10.6 Å². The third-order valence-corrected chi connectivity index (χ3v) is 3.82. The maximum atomic E-state index is 12.3. The Kier molecular flexibility index (Phi) is 7.52. The predicted octanol–water partition coefficient (Wildman–Crippen LogP) is 2.05. The van der Waals surface area contributed by atoms with Gasteiger partial charge in [0.05, 0.1) is 0 Å². The van der Waals surface area contributed by atoms with Crippen LogP contribution in [0.1, 0.15) is 25.8 Å². The number of halogens is 1. The second kappa shape index (κ2) is 8.89. The fourth-order valence-electron chi connectivity index (χ4n) is 1.93. The van der Waals surface area contributed by atoms with Crippen LogP contribution in [0, 0.1) is 5.41 Å². The highest BCUT2D eigenvalue weighted by Crippen LogP contribution is 2.16. The van der Waals surface area contributed by atoms with Gasteiger partial charge in [-0.05, 0) is 58.6 Å². The molecular formula is C17H26ClN3O2.